The first-order valence-corrected chi connectivity index (χ1v) is 10.3. The number of nitrogens with zero attached hydrogens (tertiary/aromatic N) is 4. The molecule has 1 atom stereocenters. The van der Waals surface area contributed by atoms with E-state index in [0.717, 1.165) is 31.4 Å². The molecule has 29 heavy (non-hydrogen) atoms. The number of aromatic hydroxyl groups is 1. The van der Waals surface area contributed by atoms with Crippen LogP contribution < -0.4 is 10.1 Å². The zero-order chi connectivity index (χ0) is 20.8. The molecular formula is C21H31N5O3. The molecule has 1 saturated heterocycles. The van der Waals surface area contributed by atoms with Gasteiger partial charge < -0.3 is 15.2 Å². The highest BCUT2D eigenvalue weighted by Crippen LogP contribution is 2.32. The SMILES string of the molecule is COc1cccc(CN2CCCCC2CCn2cc(C(=O)NC(C)C)nn2)c1O. The number of hydrogen-bond donors (Lipinski definition) is 2. The zero-order valence-electron chi connectivity index (χ0n) is 17.5. The number of likely N-dealkylation sites (tertiary alicyclic amines) is 1. The van der Waals surface area contributed by atoms with E-state index in [1.165, 1.54) is 6.42 Å². The van der Waals surface area contributed by atoms with Crippen LogP contribution in [0.5, 0.6) is 11.5 Å². The summed E-state index contributed by atoms with van der Waals surface area (Å²) in [5, 5.41) is 21.3. The fourth-order valence-corrected chi connectivity index (χ4v) is 3.80. The number of aromatic nitrogens is 3. The molecule has 2 N–H and O–H groups in total. The van der Waals surface area contributed by atoms with E-state index in [2.05, 4.69) is 20.5 Å². The third-order valence-electron chi connectivity index (χ3n) is 5.31. The van der Waals surface area contributed by atoms with Gasteiger partial charge in [-0.3, -0.25) is 14.4 Å². The molecule has 1 fully saturated rings. The number of carbonyl (C=O) groups is 1. The normalized spacial score (nSPS) is 17.4. The second kappa shape index (κ2) is 9.73. The highest BCUT2D eigenvalue weighted by Gasteiger charge is 2.24. The maximum Gasteiger partial charge on any atom is 0.273 e. The first kappa shape index (κ1) is 21.1. The summed E-state index contributed by atoms with van der Waals surface area (Å²) in [5.74, 6) is 0.529. The van der Waals surface area contributed by atoms with Gasteiger partial charge >= 0.3 is 0 Å². The van der Waals surface area contributed by atoms with Crippen LogP contribution >= 0.6 is 0 Å². The number of piperidine rings is 1. The van der Waals surface area contributed by atoms with E-state index in [1.807, 2.05) is 26.0 Å². The van der Waals surface area contributed by atoms with Gasteiger partial charge in [-0.1, -0.05) is 23.8 Å². The monoisotopic (exact) mass is 401 g/mol. The van der Waals surface area contributed by atoms with Crippen LogP contribution in [-0.2, 0) is 13.1 Å². The molecular weight excluding hydrogens is 370 g/mol. The van der Waals surface area contributed by atoms with Crippen LogP contribution in [-0.4, -0.2) is 56.6 Å². The van der Waals surface area contributed by atoms with Crippen molar-refractivity contribution in [3.8, 4) is 11.5 Å². The van der Waals surface area contributed by atoms with Gasteiger partial charge in [0.2, 0.25) is 0 Å². The van der Waals surface area contributed by atoms with Crippen LogP contribution in [0.4, 0.5) is 0 Å². The molecule has 1 aliphatic heterocycles. The maximum atomic E-state index is 12.0. The summed E-state index contributed by atoms with van der Waals surface area (Å²) in [6.45, 7) is 6.22. The second-order valence-electron chi connectivity index (χ2n) is 7.87. The molecule has 0 bridgehead atoms. The van der Waals surface area contributed by atoms with Gasteiger partial charge in [0.15, 0.2) is 17.2 Å². The lowest BCUT2D eigenvalue weighted by molar-refractivity contribution is 0.0938. The Hall–Kier alpha value is -2.61. The minimum Gasteiger partial charge on any atom is -0.504 e. The van der Waals surface area contributed by atoms with E-state index in [9.17, 15) is 9.90 Å². The molecule has 0 aliphatic carbocycles. The maximum absolute atomic E-state index is 12.0. The fourth-order valence-electron chi connectivity index (χ4n) is 3.80. The number of carbonyl (C=O) groups excluding carboxylic acids is 1. The van der Waals surface area contributed by atoms with Gasteiger partial charge in [0.1, 0.15) is 0 Å². The number of benzene rings is 1. The molecule has 1 aromatic heterocycles. The summed E-state index contributed by atoms with van der Waals surface area (Å²) < 4.78 is 6.97. The van der Waals surface area contributed by atoms with Crippen LogP contribution in [0.25, 0.3) is 0 Å². The molecule has 8 nitrogen and oxygen atoms in total. The number of methoxy groups -OCH3 is 1. The van der Waals surface area contributed by atoms with E-state index in [0.29, 0.717) is 30.6 Å². The lowest BCUT2D eigenvalue weighted by atomic mass is 9.98. The van der Waals surface area contributed by atoms with Gasteiger partial charge in [0.05, 0.1) is 13.3 Å². The molecule has 3 rings (SSSR count). The molecule has 158 valence electrons. The van der Waals surface area contributed by atoms with Crippen LogP contribution in [0.2, 0.25) is 0 Å². The van der Waals surface area contributed by atoms with Gasteiger partial charge in [-0.15, -0.1) is 5.10 Å². The molecule has 1 amide bonds. The summed E-state index contributed by atoms with van der Waals surface area (Å²) in [5.41, 5.74) is 1.23. The second-order valence-corrected chi connectivity index (χ2v) is 7.87. The molecule has 0 radical (unpaired) electrons. The quantitative estimate of drug-likeness (QED) is 0.706. The number of phenols is 1. The lowest BCUT2D eigenvalue weighted by Crippen LogP contribution is -2.39. The van der Waals surface area contributed by atoms with E-state index >= 15 is 0 Å². The molecule has 2 aromatic rings. The van der Waals surface area contributed by atoms with Crippen LogP contribution in [0.3, 0.4) is 0 Å². The predicted octanol–water partition coefficient (Wildman–Crippen LogP) is 2.58. The summed E-state index contributed by atoms with van der Waals surface area (Å²) in [6, 6.07) is 6.08. The number of rotatable bonds is 8. The number of amides is 1. The molecule has 0 spiro atoms. The van der Waals surface area contributed by atoms with E-state index in [-0.39, 0.29) is 17.7 Å². The van der Waals surface area contributed by atoms with Crippen molar-refractivity contribution in [3.63, 3.8) is 0 Å². The summed E-state index contributed by atoms with van der Waals surface area (Å²) in [7, 11) is 1.57. The van der Waals surface area contributed by atoms with E-state index < -0.39 is 0 Å². The third kappa shape index (κ3) is 5.47. The van der Waals surface area contributed by atoms with Crippen molar-refractivity contribution in [2.75, 3.05) is 13.7 Å². The van der Waals surface area contributed by atoms with Gasteiger partial charge in [-0.25, -0.2) is 0 Å². The Bertz CT molecular complexity index is 820. The highest BCUT2D eigenvalue weighted by molar-refractivity contribution is 5.91. The molecule has 1 aromatic carbocycles. The number of para-hydroxylation sites is 1. The Morgan fingerprint density at radius 1 is 1.38 bits per heavy atom. The summed E-state index contributed by atoms with van der Waals surface area (Å²) in [6.07, 6.45) is 6.09. The zero-order valence-corrected chi connectivity index (χ0v) is 17.5. The lowest BCUT2D eigenvalue weighted by Gasteiger charge is -2.36. The first-order chi connectivity index (χ1) is 14.0. The number of aryl methyl sites for hydroxylation is 1. The number of phenolic OH excluding ortho intramolecular Hbond substituents is 1. The van der Waals surface area contributed by atoms with Crippen LogP contribution in [0, 0.1) is 0 Å². The van der Waals surface area contributed by atoms with Crippen molar-refractivity contribution in [1.29, 1.82) is 0 Å². The van der Waals surface area contributed by atoms with E-state index in [1.54, 1.807) is 24.1 Å². The Labute approximate surface area is 171 Å². The van der Waals surface area contributed by atoms with E-state index in [4.69, 9.17) is 4.74 Å². The standard InChI is InChI=1S/C21H31N5O3/c1-15(2)22-21(28)18-14-26(24-23-18)12-10-17-8-4-5-11-25(17)13-16-7-6-9-19(29-3)20(16)27/h6-7,9,14-15,17,27H,4-5,8,10-13H2,1-3H3,(H,22,28). The minimum absolute atomic E-state index is 0.0662. The molecule has 0 saturated carbocycles. The molecule has 8 heteroatoms. The third-order valence-corrected chi connectivity index (χ3v) is 5.31. The predicted molar refractivity (Wildman–Crippen MR) is 110 cm³/mol. The Morgan fingerprint density at radius 2 is 2.21 bits per heavy atom. The molecule has 2 heterocycles. The Kier molecular flexibility index (Phi) is 7.09. The average molecular weight is 402 g/mol. The number of nitrogens with one attached hydrogen (secondary N) is 1. The van der Waals surface area contributed by atoms with Gasteiger partial charge in [-0.05, 0) is 45.7 Å². The van der Waals surface area contributed by atoms with Crippen molar-refractivity contribution in [3.05, 3.63) is 35.7 Å². The largest absolute Gasteiger partial charge is 0.504 e. The van der Waals surface area contributed by atoms with Crippen LogP contribution in [0.1, 0.15) is 55.6 Å². The van der Waals surface area contributed by atoms with Crippen molar-refractivity contribution in [2.24, 2.45) is 0 Å². The summed E-state index contributed by atoms with van der Waals surface area (Å²) in [4.78, 5) is 14.5. The van der Waals surface area contributed by atoms with Gasteiger partial charge in [0.25, 0.3) is 5.91 Å². The summed E-state index contributed by atoms with van der Waals surface area (Å²) >= 11 is 0. The van der Waals surface area contributed by atoms with Crippen molar-refractivity contribution >= 4 is 5.91 Å². The number of hydrogen-bond acceptors (Lipinski definition) is 6. The number of ether oxygens (including phenoxy) is 1. The van der Waals surface area contributed by atoms with Gasteiger partial charge in [0, 0.05) is 30.7 Å². The Morgan fingerprint density at radius 3 is 2.97 bits per heavy atom. The van der Waals surface area contributed by atoms with Crippen molar-refractivity contribution < 1.29 is 14.6 Å². The minimum atomic E-state index is -0.195. The molecule has 1 unspecified atom stereocenters. The van der Waals surface area contributed by atoms with Gasteiger partial charge in [-0.2, -0.15) is 0 Å². The Balaban J connectivity index is 1.61. The topological polar surface area (TPSA) is 92.5 Å². The first-order valence-electron chi connectivity index (χ1n) is 10.3. The highest BCUT2D eigenvalue weighted by atomic mass is 16.5. The van der Waals surface area contributed by atoms with Crippen molar-refractivity contribution in [1.82, 2.24) is 25.2 Å². The molecule has 1 aliphatic rings. The smallest absolute Gasteiger partial charge is 0.273 e. The van der Waals surface area contributed by atoms with Crippen molar-refractivity contribution in [2.45, 2.75) is 64.7 Å². The van der Waals surface area contributed by atoms with Crippen LogP contribution in [0.15, 0.2) is 24.4 Å². The average Bonchev–Trinajstić information content (AvgIpc) is 3.18. The fraction of sp³-hybridized carbons (Fsp3) is 0.571.